The second kappa shape index (κ2) is 9.37. The quantitative estimate of drug-likeness (QED) is 0.723. The SMILES string of the molecule is COc1ccc(S(=O)(=O)N2CCC[C@H](C(=O)N[C@H](C)c3ccc(Cl)cc3)C2)cc1C. The van der Waals surface area contributed by atoms with E-state index in [0.29, 0.717) is 30.2 Å². The van der Waals surface area contributed by atoms with Gasteiger partial charge in [0.2, 0.25) is 15.9 Å². The third-order valence-electron chi connectivity index (χ3n) is 5.49. The minimum Gasteiger partial charge on any atom is -0.496 e. The van der Waals surface area contributed by atoms with Crippen molar-refractivity contribution >= 4 is 27.5 Å². The molecule has 1 N–H and O–H groups in total. The molecule has 1 aliphatic rings. The molecule has 162 valence electrons. The maximum Gasteiger partial charge on any atom is 0.243 e. The van der Waals surface area contributed by atoms with Crippen molar-refractivity contribution in [1.82, 2.24) is 9.62 Å². The van der Waals surface area contributed by atoms with Gasteiger partial charge >= 0.3 is 0 Å². The summed E-state index contributed by atoms with van der Waals surface area (Å²) in [7, 11) is -2.13. The molecule has 2 aromatic rings. The van der Waals surface area contributed by atoms with Gasteiger partial charge in [0.15, 0.2) is 0 Å². The molecule has 1 saturated heterocycles. The Morgan fingerprint density at radius 3 is 2.57 bits per heavy atom. The third kappa shape index (κ3) is 4.96. The summed E-state index contributed by atoms with van der Waals surface area (Å²) in [5.74, 6) is 0.118. The van der Waals surface area contributed by atoms with Crippen molar-refractivity contribution in [2.75, 3.05) is 20.2 Å². The summed E-state index contributed by atoms with van der Waals surface area (Å²) in [6.45, 7) is 4.29. The second-order valence-electron chi connectivity index (χ2n) is 7.62. The Hall–Kier alpha value is -2.09. The number of nitrogens with one attached hydrogen (secondary N) is 1. The molecule has 0 spiro atoms. The van der Waals surface area contributed by atoms with E-state index in [-0.39, 0.29) is 29.3 Å². The maximum atomic E-state index is 13.1. The predicted molar refractivity (Wildman–Crippen MR) is 117 cm³/mol. The summed E-state index contributed by atoms with van der Waals surface area (Å²) in [5, 5.41) is 3.64. The van der Waals surface area contributed by atoms with Crippen molar-refractivity contribution in [3.05, 3.63) is 58.6 Å². The lowest BCUT2D eigenvalue weighted by Gasteiger charge is -2.32. The lowest BCUT2D eigenvalue weighted by Crippen LogP contribution is -2.45. The number of piperidine rings is 1. The zero-order valence-corrected chi connectivity index (χ0v) is 19.0. The minimum absolute atomic E-state index is 0.136. The first-order chi connectivity index (χ1) is 14.2. The number of hydrogen-bond acceptors (Lipinski definition) is 4. The number of ether oxygens (including phenoxy) is 1. The van der Waals surface area contributed by atoms with Crippen LogP contribution in [0.1, 0.15) is 36.9 Å². The fraction of sp³-hybridized carbons (Fsp3) is 0.409. The number of carbonyl (C=O) groups is 1. The van der Waals surface area contributed by atoms with E-state index in [9.17, 15) is 13.2 Å². The number of halogens is 1. The average molecular weight is 451 g/mol. The Labute approximate surface area is 183 Å². The van der Waals surface area contributed by atoms with E-state index >= 15 is 0 Å². The largest absolute Gasteiger partial charge is 0.496 e. The summed E-state index contributed by atoms with van der Waals surface area (Å²) in [6, 6.07) is 11.9. The molecule has 0 saturated carbocycles. The molecule has 1 fully saturated rings. The van der Waals surface area contributed by atoms with Crippen molar-refractivity contribution in [3.8, 4) is 5.75 Å². The second-order valence-corrected chi connectivity index (χ2v) is 9.99. The number of nitrogens with zero attached hydrogens (tertiary/aromatic N) is 1. The molecule has 1 heterocycles. The van der Waals surface area contributed by atoms with Gasteiger partial charge in [0.05, 0.1) is 24.0 Å². The van der Waals surface area contributed by atoms with Gasteiger partial charge in [-0.15, -0.1) is 0 Å². The van der Waals surface area contributed by atoms with Crippen molar-refractivity contribution < 1.29 is 17.9 Å². The first-order valence-corrected chi connectivity index (χ1v) is 11.7. The van der Waals surface area contributed by atoms with Crippen molar-refractivity contribution in [1.29, 1.82) is 0 Å². The van der Waals surface area contributed by atoms with Crippen LogP contribution in [-0.4, -0.2) is 38.8 Å². The number of methoxy groups -OCH3 is 1. The van der Waals surface area contributed by atoms with Gasteiger partial charge in [-0.2, -0.15) is 4.31 Å². The van der Waals surface area contributed by atoms with Gasteiger partial charge in [-0.1, -0.05) is 23.7 Å². The monoisotopic (exact) mass is 450 g/mol. The van der Waals surface area contributed by atoms with Crippen LogP contribution in [0.4, 0.5) is 0 Å². The van der Waals surface area contributed by atoms with Crippen LogP contribution >= 0.6 is 11.6 Å². The van der Waals surface area contributed by atoms with Gasteiger partial charge < -0.3 is 10.1 Å². The van der Waals surface area contributed by atoms with E-state index in [0.717, 1.165) is 11.1 Å². The van der Waals surface area contributed by atoms with Crippen LogP contribution in [0.2, 0.25) is 5.02 Å². The molecule has 1 amide bonds. The van der Waals surface area contributed by atoms with Gasteiger partial charge in [-0.25, -0.2) is 8.42 Å². The zero-order valence-electron chi connectivity index (χ0n) is 17.4. The van der Waals surface area contributed by atoms with E-state index in [1.165, 1.54) is 4.31 Å². The number of carbonyl (C=O) groups excluding carboxylic acids is 1. The molecular formula is C22H27ClN2O4S. The Morgan fingerprint density at radius 1 is 1.23 bits per heavy atom. The van der Waals surface area contributed by atoms with Crippen molar-refractivity contribution in [3.63, 3.8) is 0 Å². The Bertz CT molecular complexity index is 1010. The molecular weight excluding hydrogens is 424 g/mol. The van der Waals surface area contributed by atoms with Crippen LogP contribution in [0.25, 0.3) is 0 Å². The molecule has 0 radical (unpaired) electrons. The summed E-state index contributed by atoms with van der Waals surface area (Å²) in [6.07, 6.45) is 1.30. The Morgan fingerprint density at radius 2 is 1.93 bits per heavy atom. The number of rotatable bonds is 6. The highest BCUT2D eigenvalue weighted by Crippen LogP contribution is 2.28. The third-order valence-corrected chi connectivity index (χ3v) is 7.60. The minimum atomic E-state index is -3.68. The smallest absolute Gasteiger partial charge is 0.243 e. The molecule has 2 aromatic carbocycles. The standard InChI is InChI=1S/C22H27ClN2O4S/c1-15-13-20(10-11-21(15)29-3)30(27,28)25-12-4-5-18(14-25)22(26)24-16(2)17-6-8-19(23)9-7-17/h6-11,13,16,18H,4-5,12,14H2,1-3H3,(H,24,26)/t16-,18+/m1/s1. The van der Waals surface area contributed by atoms with Crippen LogP contribution < -0.4 is 10.1 Å². The highest BCUT2D eigenvalue weighted by atomic mass is 35.5. The molecule has 0 aromatic heterocycles. The zero-order chi connectivity index (χ0) is 21.9. The summed E-state index contributed by atoms with van der Waals surface area (Å²) < 4.78 is 32.9. The number of benzene rings is 2. The van der Waals surface area contributed by atoms with Gasteiger partial charge in [0.1, 0.15) is 5.75 Å². The Kier molecular flexibility index (Phi) is 7.06. The molecule has 6 nitrogen and oxygen atoms in total. The molecule has 0 aliphatic carbocycles. The van der Waals surface area contributed by atoms with Crippen LogP contribution in [0, 0.1) is 12.8 Å². The topological polar surface area (TPSA) is 75.7 Å². The molecule has 30 heavy (non-hydrogen) atoms. The number of aryl methyl sites for hydroxylation is 1. The van der Waals surface area contributed by atoms with Gasteiger partial charge in [-0.05, 0) is 68.1 Å². The molecule has 8 heteroatoms. The summed E-state index contributed by atoms with van der Waals surface area (Å²) in [4.78, 5) is 13.0. The van der Waals surface area contributed by atoms with E-state index < -0.39 is 10.0 Å². The molecule has 1 aliphatic heterocycles. The highest BCUT2D eigenvalue weighted by Gasteiger charge is 2.34. The summed E-state index contributed by atoms with van der Waals surface area (Å²) >= 11 is 5.92. The number of hydrogen-bond donors (Lipinski definition) is 1. The molecule has 2 atom stereocenters. The molecule has 3 rings (SSSR count). The summed E-state index contributed by atoms with van der Waals surface area (Å²) in [5.41, 5.74) is 1.70. The molecule has 0 unspecified atom stereocenters. The lowest BCUT2D eigenvalue weighted by atomic mass is 9.98. The van der Waals surface area contributed by atoms with Gasteiger partial charge in [0.25, 0.3) is 0 Å². The Balaban J connectivity index is 1.70. The fourth-order valence-electron chi connectivity index (χ4n) is 3.70. The highest BCUT2D eigenvalue weighted by molar-refractivity contribution is 7.89. The normalized spacial score (nSPS) is 18.6. The first kappa shape index (κ1) is 22.6. The van der Waals surface area contributed by atoms with Crippen molar-refractivity contribution in [2.45, 2.75) is 37.6 Å². The van der Waals surface area contributed by atoms with Gasteiger partial charge in [-0.3, -0.25) is 4.79 Å². The van der Waals surface area contributed by atoms with Crippen LogP contribution in [0.5, 0.6) is 5.75 Å². The first-order valence-electron chi connectivity index (χ1n) is 9.93. The van der Waals surface area contributed by atoms with Crippen LogP contribution in [-0.2, 0) is 14.8 Å². The maximum absolute atomic E-state index is 13.1. The van der Waals surface area contributed by atoms with E-state index in [4.69, 9.17) is 16.3 Å². The van der Waals surface area contributed by atoms with E-state index in [2.05, 4.69) is 5.32 Å². The van der Waals surface area contributed by atoms with E-state index in [1.54, 1.807) is 37.4 Å². The predicted octanol–water partition coefficient (Wildman–Crippen LogP) is 3.94. The van der Waals surface area contributed by atoms with Crippen LogP contribution in [0.15, 0.2) is 47.4 Å². The van der Waals surface area contributed by atoms with Crippen molar-refractivity contribution in [2.24, 2.45) is 5.92 Å². The lowest BCUT2D eigenvalue weighted by molar-refractivity contribution is -0.126. The fourth-order valence-corrected chi connectivity index (χ4v) is 5.44. The number of amides is 1. The average Bonchev–Trinajstić information content (AvgIpc) is 2.74. The van der Waals surface area contributed by atoms with E-state index in [1.807, 2.05) is 26.0 Å². The molecule has 0 bridgehead atoms. The van der Waals surface area contributed by atoms with Gasteiger partial charge in [0, 0.05) is 18.1 Å². The van der Waals surface area contributed by atoms with Crippen LogP contribution in [0.3, 0.4) is 0 Å². The number of sulfonamides is 1.